The highest BCUT2D eigenvalue weighted by Gasteiger charge is 2.19. The molecule has 0 heterocycles. The lowest BCUT2D eigenvalue weighted by molar-refractivity contribution is -0.116. The van der Waals surface area contributed by atoms with Gasteiger partial charge in [0.1, 0.15) is 17.3 Å². The molecular weight excluding hydrogens is 344 g/mol. The lowest BCUT2D eigenvalue weighted by Gasteiger charge is -2.24. The Balaban J connectivity index is 1.95. The van der Waals surface area contributed by atoms with Gasteiger partial charge in [0.25, 0.3) is 0 Å². The fraction of sp³-hybridized carbons (Fsp3) is 0.136. The number of halogens is 1. The summed E-state index contributed by atoms with van der Waals surface area (Å²) >= 11 is 0. The normalized spacial score (nSPS) is 10.3. The predicted molar refractivity (Wildman–Crippen MR) is 103 cm³/mol. The van der Waals surface area contributed by atoms with Crippen LogP contribution in [0.2, 0.25) is 0 Å². The number of anilines is 1. The molecule has 0 aromatic heterocycles. The van der Waals surface area contributed by atoms with Crippen molar-refractivity contribution in [2.75, 3.05) is 12.0 Å². The Labute approximate surface area is 157 Å². The van der Waals surface area contributed by atoms with Crippen LogP contribution in [0.4, 0.5) is 10.1 Å². The second-order valence-corrected chi connectivity index (χ2v) is 5.95. The van der Waals surface area contributed by atoms with Crippen LogP contribution in [0.1, 0.15) is 12.5 Å². The summed E-state index contributed by atoms with van der Waals surface area (Å²) in [6, 6.07) is 20.9. The molecule has 4 nitrogen and oxygen atoms in total. The van der Waals surface area contributed by atoms with Gasteiger partial charge >= 0.3 is 0 Å². The lowest BCUT2D eigenvalue weighted by atomic mass is 10.1. The number of carbonyl (C=O) groups excluding carboxylic acids is 1. The first-order valence-electron chi connectivity index (χ1n) is 8.51. The lowest BCUT2D eigenvalue weighted by Crippen LogP contribution is -2.28. The fourth-order valence-corrected chi connectivity index (χ4v) is 2.72. The summed E-state index contributed by atoms with van der Waals surface area (Å²) in [6.07, 6.45) is 0. The predicted octanol–water partition coefficient (Wildman–Crippen LogP) is 5.18. The van der Waals surface area contributed by atoms with Crippen LogP contribution in [0.15, 0.2) is 72.8 Å². The summed E-state index contributed by atoms with van der Waals surface area (Å²) in [5, 5.41) is 0. The van der Waals surface area contributed by atoms with Gasteiger partial charge in [0, 0.05) is 12.5 Å². The van der Waals surface area contributed by atoms with E-state index < -0.39 is 5.82 Å². The Morgan fingerprint density at radius 1 is 0.963 bits per heavy atom. The summed E-state index contributed by atoms with van der Waals surface area (Å²) < 4.78 is 25.4. The molecule has 1 amide bonds. The number of nitrogens with zero attached hydrogens (tertiary/aromatic N) is 1. The van der Waals surface area contributed by atoms with Crippen LogP contribution >= 0.6 is 0 Å². The quantitative estimate of drug-likeness (QED) is 0.605. The Bertz CT molecular complexity index is 928. The van der Waals surface area contributed by atoms with E-state index in [9.17, 15) is 9.18 Å². The molecule has 0 aliphatic rings. The maximum Gasteiger partial charge on any atom is 0.224 e. The maximum atomic E-state index is 14.3. The zero-order valence-corrected chi connectivity index (χ0v) is 15.2. The summed E-state index contributed by atoms with van der Waals surface area (Å²) in [5.41, 5.74) is 0.926. The van der Waals surface area contributed by atoms with E-state index in [2.05, 4.69) is 0 Å². The van der Waals surface area contributed by atoms with Crippen molar-refractivity contribution in [2.45, 2.75) is 13.5 Å². The molecule has 3 rings (SSSR count). The summed E-state index contributed by atoms with van der Waals surface area (Å²) in [6.45, 7) is 1.50. The van der Waals surface area contributed by atoms with Crippen molar-refractivity contribution in [1.29, 1.82) is 0 Å². The number of hydrogen-bond acceptors (Lipinski definition) is 3. The first-order chi connectivity index (χ1) is 13.1. The highest BCUT2D eigenvalue weighted by Crippen LogP contribution is 2.33. The Hall–Kier alpha value is -3.34. The van der Waals surface area contributed by atoms with Crippen LogP contribution in [0, 0.1) is 5.82 Å². The van der Waals surface area contributed by atoms with E-state index in [1.54, 1.807) is 24.3 Å². The summed E-state index contributed by atoms with van der Waals surface area (Å²) in [5.74, 6) is 1.08. The molecule has 0 bridgehead atoms. The van der Waals surface area contributed by atoms with Gasteiger partial charge in [-0.15, -0.1) is 0 Å². The molecule has 0 atom stereocenters. The molecule has 0 radical (unpaired) electrons. The van der Waals surface area contributed by atoms with Gasteiger partial charge in [-0.3, -0.25) is 4.79 Å². The van der Waals surface area contributed by atoms with Crippen molar-refractivity contribution in [3.05, 3.63) is 84.2 Å². The highest BCUT2D eigenvalue weighted by molar-refractivity contribution is 5.93. The molecule has 0 spiro atoms. The van der Waals surface area contributed by atoms with E-state index in [1.165, 1.54) is 25.0 Å². The average Bonchev–Trinajstić information content (AvgIpc) is 2.68. The maximum absolute atomic E-state index is 14.3. The zero-order chi connectivity index (χ0) is 19.2. The van der Waals surface area contributed by atoms with E-state index >= 15 is 0 Å². The monoisotopic (exact) mass is 364 g/mol. The molecule has 0 fully saturated rings. The van der Waals surface area contributed by atoms with Gasteiger partial charge in [-0.05, 0) is 42.5 Å². The number of hydrogen-bond donors (Lipinski definition) is 0. The number of rotatable bonds is 6. The number of benzene rings is 3. The molecule has 0 aliphatic heterocycles. The number of methoxy groups -OCH3 is 1. The minimum absolute atomic E-state index is 0.0630. The zero-order valence-electron chi connectivity index (χ0n) is 15.2. The van der Waals surface area contributed by atoms with Crippen LogP contribution in [0.3, 0.4) is 0 Å². The van der Waals surface area contributed by atoms with Gasteiger partial charge in [0.15, 0.2) is 5.75 Å². The van der Waals surface area contributed by atoms with Gasteiger partial charge in [-0.25, -0.2) is 4.39 Å². The molecule has 0 aliphatic carbocycles. The molecule has 138 valence electrons. The molecule has 27 heavy (non-hydrogen) atoms. The van der Waals surface area contributed by atoms with E-state index in [-0.39, 0.29) is 12.5 Å². The van der Waals surface area contributed by atoms with Gasteiger partial charge in [0.2, 0.25) is 5.91 Å². The molecule has 0 N–H and O–H groups in total. The third kappa shape index (κ3) is 4.44. The molecule has 3 aromatic carbocycles. The number of ether oxygens (including phenoxy) is 2. The van der Waals surface area contributed by atoms with Gasteiger partial charge in [-0.1, -0.05) is 30.3 Å². The first-order valence-corrected chi connectivity index (χ1v) is 8.51. The molecular formula is C22H20FNO3. The van der Waals surface area contributed by atoms with Crippen LogP contribution in [0.25, 0.3) is 0 Å². The van der Waals surface area contributed by atoms with E-state index in [1.807, 2.05) is 42.5 Å². The summed E-state index contributed by atoms with van der Waals surface area (Å²) in [7, 11) is 1.52. The van der Waals surface area contributed by atoms with E-state index in [4.69, 9.17) is 9.47 Å². The van der Waals surface area contributed by atoms with Crippen molar-refractivity contribution in [3.8, 4) is 17.2 Å². The van der Waals surface area contributed by atoms with Gasteiger partial charge < -0.3 is 14.4 Å². The molecule has 3 aromatic rings. The molecule has 0 saturated carbocycles. The number of para-hydroxylation sites is 3. The standard InChI is InChI=1S/C22H20FNO3/c1-16(25)24(15-17-14-19(26-2)12-13-20(17)23)21-10-6-7-11-22(21)27-18-8-4-3-5-9-18/h3-14H,15H2,1-2H3/i23-1. The van der Waals surface area contributed by atoms with Gasteiger partial charge in [-0.2, -0.15) is 0 Å². The summed E-state index contributed by atoms with van der Waals surface area (Å²) in [4.78, 5) is 13.8. The molecule has 0 saturated heterocycles. The second kappa shape index (κ2) is 8.36. The van der Waals surface area contributed by atoms with Crippen molar-refractivity contribution < 1.29 is 18.7 Å². The Morgan fingerprint density at radius 3 is 2.37 bits per heavy atom. The van der Waals surface area contributed by atoms with Crippen molar-refractivity contribution in [1.82, 2.24) is 0 Å². The minimum atomic E-state index is -0.400. The van der Waals surface area contributed by atoms with Crippen LogP contribution in [-0.4, -0.2) is 13.0 Å². The highest BCUT2D eigenvalue weighted by atomic mass is 18.2. The van der Waals surface area contributed by atoms with E-state index in [0.717, 1.165) is 0 Å². The van der Waals surface area contributed by atoms with Crippen LogP contribution < -0.4 is 14.4 Å². The smallest absolute Gasteiger partial charge is 0.224 e. The Morgan fingerprint density at radius 2 is 1.67 bits per heavy atom. The van der Waals surface area contributed by atoms with Crippen LogP contribution in [0.5, 0.6) is 17.2 Å². The van der Waals surface area contributed by atoms with Crippen molar-refractivity contribution >= 4 is 11.6 Å². The Kier molecular flexibility index (Phi) is 5.71. The van der Waals surface area contributed by atoms with Crippen LogP contribution in [-0.2, 0) is 11.3 Å². The molecule has 5 heteroatoms. The average molecular weight is 364 g/mol. The van der Waals surface area contributed by atoms with Crippen molar-refractivity contribution in [3.63, 3.8) is 0 Å². The van der Waals surface area contributed by atoms with Gasteiger partial charge in [0.05, 0.1) is 19.3 Å². The SMILES string of the molecule is COc1ccc([18F])c(CN(C(C)=O)c2ccccc2Oc2ccccc2)c1. The third-order valence-electron chi connectivity index (χ3n) is 4.09. The third-order valence-corrected chi connectivity index (χ3v) is 4.09. The fourth-order valence-electron chi connectivity index (χ4n) is 2.72. The molecule has 0 unspecified atom stereocenters. The topological polar surface area (TPSA) is 38.8 Å². The number of carbonyl (C=O) groups is 1. The number of amides is 1. The second-order valence-electron chi connectivity index (χ2n) is 5.95. The van der Waals surface area contributed by atoms with Crippen molar-refractivity contribution in [2.24, 2.45) is 0 Å². The largest absolute Gasteiger partial charge is 0.497 e. The minimum Gasteiger partial charge on any atom is -0.497 e. The van der Waals surface area contributed by atoms with E-state index in [0.29, 0.717) is 28.5 Å². The first kappa shape index (κ1) is 18.5.